The Labute approximate surface area is 188 Å². The molecule has 1 aliphatic heterocycles. The second-order valence-electron chi connectivity index (χ2n) is 8.86. The van der Waals surface area contributed by atoms with E-state index in [1.54, 1.807) is 0 Å². The summed E-state index contributed by atoms with van der Waals surface area (Å²) in [5.41, 5.74) is 6.44. The number of benzene rings is 2. The Bertz CT molecular complexity index is 861. The summed E-state index contributed by atoms with van der Waals surface area (Å²) in [6.45, 7) is 13.6. The first-order valence-electron chi connectivity index (χ1n) is 11.6. The molecule has 31 heavy (non-hydrogen) atoms. The van der Waals surface area contributed by atoms with Crippen molar-refractivity contribution in [2.75, 3.05) is 20.1 Å². The van der Waals surface area contributed by atoms with Gasteiger partial charge in [0.25, 0.3) is 0 Å². The van der Waals surface area contributed by atoms with Gasteiger partial charge in [-0.25, -0.2) is 4.39 Å². The zero-order valence-corrected chi connectivity index (χ0v) is 19.6. The van der Waals surface area contributed by atoms with Gasteiger partial charge in [0.05, 0.1) is 11.9 Å². The Hall–Kier alpha value is -2.33. The number of alkyl halides is 1. The smallest absolute Gasteiger partial charge is 0.133 e. The largest absolute Gasteiger partial charge is 0.368 e. The van der Waals surface area contributed by atoms with Crippen LogP contribution in [0, 0.1) is 6.92 Å². The number of piperidine rings is 1. The molecule has 2 aromatic rings. The summed E-state index contributed by atoms with van der Waals surface area (Å²) in [5, 5.41) is 3.52. The molecule has 0 saturated carbocycles. The number of halogens is 1. The van der Waals surface area contributed by atoms with Gasteiger partial charge in [0, 0.05) is 26.2 Å². The van der Waals surface area contributed by atoms with E-state index in [4.69, 9.17) is 0 Å². The Kier molecular flexibility index (Phi) is 8.14. The highest BCUT2D eigenvalue weighted by molar-refractivity contribution is 5.32. The van der Waals surface area contributed by atoms with Gasteiger partial charge in [-0.3, -0.25) is 0 Å². The lowest BCUT2D eigenvalue weighted by atomic mass is 10.00. The SMILES string of the molecule is C=C(NCc1ccc(CC)cc1CC)N(Cc1ccc(C)cc1)C1CCN(C)CC1F. The van der Waals surface area contributed by atoms with Crippen LogP contribution >= 0.6 is 0 Å². The van der Waals surface area contributed by atoms with Crippen molar-refractivity contribution in [3.63, 3.8) is 0 Å². The first-order valence-corrected chi connectivity index (χ1v) is 11.6. The van der Waals surface area contributed by atoms with Crippen LogP contribution in [0.5, 0.6) is 0 Å². The number of nitrogens with one attached hydrogen (secondary N) is 1. The molecule has 0 aromatic heterocycles. The van der Waals surface area contributed by atoms with Crippen molar-refractivity contribution in [3.05, 3.63) is 82.7 Å². The number of rotatable bonds is 9. The van der Waals surface area contributed by atoms with E-state index in [0.29, 0.717) is 19.6 Å². The van der Waals surface area contributed by atoms with Crippen LogP contribution < -0.4 is 5.32 Å². The number of likely N-dealkylation sites (tertiary alicyclic amines) is 1. The van der Waals surface area contributed by atoms with Crippen LogP contribution in [0.2, 0.25) is 0 Å². The summed E-state index contributed by atoms with van der Waals surface area (Å²) in [5.74, 6) is 0.805. The molecule has 4 heteroatoms. The Morgan fingerprint density at radius 2 is 1.81 bits per heavy atom. The molecule has 1 saturated heterocycles. The molecule has 3 rings (SSSR count). The van der Waals surface area contributed by atoms with E-state index in [9.17, 15) is 0 Å². The second-order valence-corrected chi connectivity index (χ2v) is 8.86. The van der Waals surface area contributed by atoms with Crippen molar-refractivity contribution < 1.29 is 4.39 Å². The fraction of sp³-hybridized carbons (Fsp3) is 0.481. The van der Waals surface area contributed by atoms with Crippen LogP contribution in [0.15, 0.2) is 54.9 Å². The van der Waals surface area contributed by atoms with Crippen LogP contribution in [0.1, 0.15) is 48.1 Å². The molecular formula is C27H38FN3. The van der Waals surface area contributed by atoms with Gasteiger partial charge >= 0.3 is 0 Å². The monoisotopic (exact) mass is 423 g/mol. The standard InChI is InChI=1S/C27H38FN3/c1-6-22-12-13-25(24(7-2)16-22)17-29-21(4)31(18-23-10-8-20(3)9-11-23)27-14-15-30(5)19-26(27)28/h8-13,16,26-27,29H,4,6-7,14-15,17-19H2,1-3,5H3. The van der Waals surface area contributed by atoms with E-state index in [2.05, 4.69) is 84.9 Å². The third kappa shape index (κ3) is 6.10. The molecule has 2 atom stereocenters. The molecule has 1 aliphatic rings. The third-order valence-corrected chi connectivity index (χ3v) is 6.47. The lowest BCUT2D eigenvalue weighted by Gasteiger charge is -2.41. The fourth-order valence-corrected chi connectivity index (χ4v) is 4.40. The molecule has 3 nitrogen and oxygen atoms in total. The van der Waals surface area contributed by atoms with E-state index >= 15 is 4.39 Å². The summed E-state index contributed by atoms with van der Waals surface area (Å²) in [6.07, 6.45) is 1.96. The quantitative estimate of drug-likeness (QED) is 0.596. The normalized spacial score (nSPS) is 19.3. The first-order chi connectivity index (χ1) is 14.9. The van der Waals surface area contributed by atoms with Gasteiger partial charge in [-0.05, 0) is 55.5 Å². The molecule has 2 aromatic carbocycles. The van der Waals surface area contributed by atoms with Crippen molar-refractivity contribution >= 4 is 0 Å². The molecule has 1 N–H and O–H groups in total. The zero-order chi connectivity index (χ0) is 22.4. The first kappa shape index (κ1) is 23.3. The van der Waals surface area contributed by atoms with Crippen LogP contribution in [-0.2, 0) is 25.9 Å². The Morgan fingerprint density at radius 1 is 1.10 bits per heavy atom. The van der Waals surface area contributed by atoms with Gasteiger partial charge in [-0.2, -0.15) is 0 Å². The molecule has 1 heterocycles. The van der Waals surface area contributed by atoms with Crippen molar-refractivity contribution in [3.8, 4) is 0 Å². The molecule has 0 radical (unpaired) electrons. The summed E-state index contributed by atoms with van der Waals surface area (Å²) in [7, 11) is 1.99. The van der Waals surface area contributed by atoms with E-state index < -0.39 is 6.17 Å². The van der Waals surface area contributed by atoms with E-state index in [1.165, 1.54) is 27.8 Å². The van der Waals surface area contributed by atoms with Crippen molar-refractivity contribution in [1.29, 1.82) is 0 Å². The highest BCUT2D eigenvalue weighted by Crippen LogP contribution is 2.24. The minimum atomic E-state index is -0.891. The van der Waals surface area contributed by atoms with Crippen LogP contribution in [0.3, 0.4) is 0 Å². The fourth-order valence-electron chi connectivity index (χ4n) is 4.40. The minimum absolute atomic E-state index is 0.161. The average Bonchev–Trinajstić information content (AvgIpc) is 2.77. The number of nitrogens with zero attached hydrogens (tertiary/aromatic N) is 2. The third-order valence-electron chi connectivity index (χ3n) is 6.47. The van der Waals surface area contributed by atoms with Gasteiger partial charge < -0.3 is 15.1 Å². The van der Waals surface area contributed by atoms with Gasteiger partial charge in [-0.1, -0.05) is 68.5 Å². The van der Waals surface area contributed by atoms with Gasteiger partial charge in [0.15, 0.2) is 0 Å². The molecule has 2 unspecified atom stereocenters. The summed E-state index contributed by atoms with van der Waals surface area (Å²) >= 11 is 0. The van der Waals surface area contributed by atoms with E-state index in [0.717, 1.165) is 31.6 Å². The molecule has 0 bridgehead atoms. The molecule has 0 spiro atoms. The van der Waals surface area contributed by atoms with Gasteiger partial charge in [0.1, 0.15) is 6.17 Å². The number of aryl methyl sites for hydroxylation is 3. The van der Waals surface area contributed by atoms with Gasteiger partial charge in [0.2, 0.25) is 0 Å². The number of hydrogen-bond donors (Lipinski definition) is 1. The van der Waals surface area contributed by atoms with Gasteiger partial charge in [-0.15, -0.1) is 0 Å². The Balaban J connectivity index is 1.76. The summed E-state index contributed by atoms with van der Waals surface area (Å²) < 4.78 is 15.1. The maximum atomic E-state index is 15.1. The van der Waals surface area contributed by atoms with Crippen molar-refractivity contribution in [2.45, 2.75) is 65.3 Å². The molecular weight excluding hydrogens is 385 g/mol. The highest BCUT2D eigenvalue weighted by Gasteiger charge is 2.33. The Morgan fingerprint density at radius 3 is 2.45 bits per heavy atom. The predicted molar refractivity (Wildman–Crippen MR) is 129 cm³/mol. The van der Waals surface area contributed by atoms with Crippen LogP contribution in [0.25, 0.3) is 0 Å². The second kappa shape index (κ2) is 10.8. The van der Waals surface area contributed by atoms with Crippen molar-refractivity contribution in [2.24, 2.45) is 0 Å². The molecule has 0 aliphatic carbocycles. The average molecular weight is 424 g/mol. The summed E-state index contributed by atoms with van der Waals surface area (Å²) in [6, 6.07) is 15.1. The zero-order valence-electron chi connectivity index (χ0n) is 19.6. The lowest BCUT2D eigenvalue weighted by Crippen LogP contribution is -2.52. The van der Waals surface area contributed by atoms with Crippen LogP contribution in [0.4, 0.5) is 4.39 Å². The summed E-state index contributed by atoms with van der Waals surface area (Å²) in [4.78, 5) is 4.22. The highest BCUT2D eigenvalue weighted by atomic mass is 19.1. The maximum absolute atomic E-state index is 15.1. The molecule has 168 valence electrons. The van der Waals surface area contributed by atoms with E-state index in [-0.39, 0.29) is 6.04 Å². The van der Waals surface area contributed by atoms with Crippen LogP contribution in [-0.4, -0.2) is 42.2 Å². The topological polar surface area (TPSA) is 18.5 Å². The molecule has 0 amide bonds. The van der Waals surface area contributed by atoms with E-state index in [1.807, 2.05) is 7.05 Å². The molecule has 1 fully saturated rings. The predicted octanol–water partition coefficient (Wildman–Crippen LogP) is 5.23. The lowest BCUT2D eigenvalue weighted by molar-refractivity contribution is 0.0542. The minimum Gasteiger partial charge on any atom is -0.368 e. The van der Waals surface area contributed by atoms with Crippen molar-refractivity contribution in [1.82, 2.24) is 15.1 Å². The number of hydrogen-bond acceptors (Lipinski definition) is 3. The maximum Gasteiger partial charge on any atom is 0.133 e.